The monoisotopic (exact) mass is 394 g/mol. The van der Waals surface area contributed by atoms with Crippen molar-refractivity contribution in [1.29, 1.82) is 0 Å². The lowest BCUT2D eigenvalue weighted by molar-refractivity contribution is 0.250. The number of likely N-dealkylation sites (N-methyl/N-ethyl adjacent to an activating group) is 1. The van der Waals surface area contributed by atoms with Gasteiger partial charge in [0.25, 0.3) is 0 Å². The topological polar surface area (TPSA) is 49.4 Å². The zero-order valence-electron chi connectivity index (χ0n) is 12.0. The molecule has 1 aromatic carbocycles. The summed E-state index contributed by atoms with van der Waals surface area (Å²) in [4.78, 5) is 2.47. The van der Waals surface area contributed by atoms with Crippen LogP contribution in [-0.2, 0) is 10.0 Å². The van der Waals surface area contributed by atoms with Crippen molar-refractivity contribution >= 4 is 37.6 Å². The summed E-state index contributed by atoms with van der Waals surface area (Å²) in [5.41, 5.74) is 0. The number of hydrogen-bond acceptors (Lipinski definition) is 3. The highest BCUT2D eigenvalue weighted by Gasteiger charge is 2.20. The summed E-state index contributed by atoms with van der Waals surface area (Å²) < 4.78 is 27.6. The molecule has 2 rings (SSSR count). The van der Waals surface area contributed by atoms with Crippen molar-refractivity contribution in [2.24, 2.45) is 0 Å². The quantitative estimate of drug-likeness (QED) is 0.804. The summed E-state index contributed by atoms with van der Waals surface area (Å²) in [6, 6.07) is 5.20. The van der Waals surface area contributed by atoms with Crippen LogP contribution < -0.4 is 4.72 Å². The number of nitrogens with zero attached hydrogens (tertiary/aromatic N) is 1. The zero-order valence-corrected chi connectivity index (χ0v) is 15.1. The van der Waals surface area contributed by atoms with Crippen LogP contribution in [0.1, 0.15) is 25.7 Å². The van der Waals surface area contributed by atoms with E-state index in [1.54, 1.807) is 6.07 Å². The van der Waals surface area contributed by atoms with Gasteiger partial charge < -0.3 is 4.90 Å². The van der Waals surface area contributed by atoms with Crippen molar-refractivity contribution in [3.8, 4) is 0 Å². The zero-order chi connectivity index (χ0) is 15.5. The number of sulfonamides is 1. The highest BCUT2D eigenvalue weighted by Crippen LogP contribution is 2.25. The molecule has 1 fully saturated rings. The van der Waals surface area contributed by atoms with E-state index in [0.717, 1.165) is 6.54 Å². The number of halogens is 2. The van der Waals surface area contributed by atoms with Crippen LogP contribution in [0.3, 0.4) is 0 Å². The van der Waals surface area contributed by atoms with Crippen LogP contribution in [0.5, 0.6) is 0 Å². The van der Waals surface area contributed by atoms with Crippen LogP contribution in [0.4, 0.5) is 0 Å². The maximum Gasteiger partial charge on any atom is 0.240 e. The van der Waals surface area contributed by atoms with E-state index < -0.39 is 10.0 Å². The Morgan fingerprint density at radius 1 is 1.38 bits per heavy atom. The summed E-state index contributed by atoms with van der Waals surface area (Å²) in [6.07, 6.45) is 4.99. The summed E-state index contributed by atoms with van der Waals surface area (Å²) in [5, 5.41) is 0.495. The molecule has 0 saturated heterocycles. The average molecular weight is 396 g/mol. The van der Waals surface area contributed by atoms with Crippen LogP contribution >= 0.6 is 27.5 Å². The molecule has 1 aromatic rings. The fraction of sp³-hybridized carbons (Fsp3) is 0.571. The number of hydrogen-bond donors (Lipinski definition) is 1. The molecule has 1 aliphatic rings. The van der Waals surface area contributed by atoms with Gasteiger partial charge in [0.2, 0.25) is 10.0 Å². The lowest BCUT2D eigenvalue weighted by Crippen LogP contribution is -2.37. The van der Waals surface area contributed by atoms with Crippen LogP contribution in [0.2, 0.25) is 5.02 Å². The van der Waals surface area contributed by atoms with E-state index in [4.69, 9.17) is 11.6 Å². The minimum Gasteiger partial charge on any atom is -0.302 e. The van der Waals surface area contributed by atoms with Crippen LogP contribution in [-0.4, -0.2) is 39.5 Å². The third-order valence-electron chi connectivity index (χ3n) is 3.91. The molecule has 4 nitrogen and oxygen atoms in total. The van der Waals surface area contributed by atoms with Crippen molar-refractivity contribution < 1.29 is 8.42 Å². The van der Waals surface area contributed by atoms with E-state index in [1.165, 1.54) is 37.8 Å². The first-order valence-electron chi connectivity index (χ1n) is 7.05. The van der Waals surface area contributed by atoms with E-state index in [1.807, 2.05) is 0 Å². The predicted octanol–water partition coefficient (Wildman–Crippen LogP) is 3.26. The molecule has 1 aliphatic carbocycles. The Labute approximate surface area is 140 Å². The second-order valence-electron chi connectivity index (χ2n) is 5.39. The van der Waals surface area contributed by atoms with Crippen molar-refractivity contribution in [1.82, 2.24) is 9.62 Å². The smallest absolute Gasteiger partial charge is 0.240 e. The van der Waals surface area contributed by atoms with Gasteiger partial charge in [-0.05, 0) is 54.0 Å². The molecule has 0 bridgehead atoms. The van der Waals surface area contributed by atoms with E-state index in [9.17, 15) is 8.42 Å². The van der Waals surface area contributed by atoms with E-state index in [2.05, 4.69) is 32.6 Å². The highest BCUT2D eigenvalue weighted by molar-refractivity contribution is 9.10. The van der Waals surface area contributed by atoms with Crippen LogP contribution in [0, 0.1) is 0 Å². The molecule has 0 unspecified atom stereocenters. The summed E-state index contributed by atoms with van der Waals surface area (Å²) >= 11 is 9.12. The van der Waals surface area contributed by atoms with Gasteiger partial charge >= 0.3 is 0 Å². The maximum absolute atomic E-state index is 12.2. The van der Waals surface area contributed by atoms with E-state index >= 15 is 0 Å². The van der Waals surface area contributed by atoms with E-state index in [-0.39, 0.29) is 4.90 Å². The average Bonchev–Trinajstić information content (AvgIpc) is 2.95. The molecule has 0 atom stereocenters. The molecular formula is C14H20BrClN2O2S. The molecular weight excluding hydrogens is 376 g/mol. The SMILES string of the molecule is CN(CCNS(=O)(=O)c1ccc(Cl)c(Br)c1)C1CCCC1. The molecule has 21 heavy (non-hydrogen) atoms. The third-order valence-corrected chi connectivity index (χ3v) is 6.58. The van der Waals surface area contributed by atoms with Gasteiger partial charge in [-0.15, -0.1) is 0 Å². The fourth-order valence-electron chi connectivity index (χ4n) is 2.61. The normalized spacial score (nSPS) is 16.8. The highest BCUT2D eigenvalue weighted by atomic mass is 79.9. The number of rotatable bonds is 6. The Hall–Kier alpha value is -0.140. The summed E-state index contributed by atoms with van der Waals surface area (Å²) in [6.45, 7) is 1.13. The van der Waals surface area contributed by atoms with Gasteiger partial charge in [-0.25, -0.2) is 13.1 Å². The van der Waals surface area contributed by atoms with Crippen molar-refractivity contribution in [3.05, 3.63) is 27.7 Å². The lowest BCUT2D eigenvalue weighted by Gasteiger charge is -2.23. The summed E-state index contributed by atoms with van der Waals surface area (Å²) in [5.74, 6) is 0. The van der Waals surface area contributed by atoms with Crippen LogP contribution in [0.25, 0.3) is 0 Å². The molecule has 0 aromatic heterocycles. The third kappa shape index (κ3) is 4.66. The van der Waals surface area contributed by atoms with Gasteiger partial charge in [0.15, 0.2) is 0 Å². The van der Waals surface area contributed by atoms with Crippen LogP contribution in [0.15, 0.2) is 27.6 Å². The second-order valence-corrected chi connectivity index (χ2v) is 8.42. The Bertz CT molecular complexity index is 589. The maximum atomic E-state index is 12.2. The van der Waals surface area contributed by atoms with Gasteiger partial charge in [0.05, 0.1) is 9.92 Å². The molecule has 0 heterocycles. The molecule has 1 N–H and O–H groups in total. The Balaban J connectivity index is 1.90. The largest absolute Gasteiger partial charge is 0.302 e. The molecule has 0 radical (unpaired) electrons. The molecule has 0 aliphatic heterocycles. The fourth-order valence-corrected chi connectivity index (χ4v) is 4.31. The second kappa shape index (κ2) is 7.42. The number of benzene rings is 1. The van der Waals surface area contributed by atoms with Gasteiger partial charge in [0, 0.05) is 23.6 Å². The van der Waals surface area contributed by atoms with Crippen molar-refractivity contribution in [2.45, 2.75) is 36.6 Å². The molecule has 0 amide bonds. The molecule has 0 spiro atoms. The minimum atomic E-state index is -3.48. The van der Waals surface area contributed by atoms with E-state index in [0.29, 0.717) is 22.1 Å². The molecule has 118 valence electrons. The Kier molecular flexibility index (Phi) is 6.08. The van der Waals surface area contributed by atoms with Gasteiger partial charge in [-0.2, -0.15) is 0 Å². The molecule has 7 heteroatoms. The first-order valence-corrected chi connectivity index (χ1v) is 9.70. The van der Waals surface area contributed by atoms with Crippen molar-refractivity contribution in [3.63, 3.8) is 0 Å². The Morgan fingerprint density at radius 3 is 2.67 bits per heavy atom. The van der Waals surface area contributed by atoms with Crippen molar-refractivity contribution in [2.75, 3.05) is 20.1 Å². The van der Waals surface area contributed by atoms with Gasteiger partial charge in [-0.1, -0.05) is 24.4 Å². The molecule has 1 saturated carbocycles. The summed E-state index contributed by atoms with van der Waals surface area (Å²) in [7, 11) is -1.43. The minimum absolute atomic E-state index is 0.224. The Morgan fingerprint density at radius 2 is 2.05 bits per heavy atom. The first-order chi connectivity index (χ1) is 9.90. The number of nitrogens with one attached hydrogen (secondary N) is 1. The lowest BCUT2D eigenvalue weighted by atomic mass is 10.2. The first kappa shape index (κ1) is 17.2. The standard InChI is InChI=1S/C14H20BrClN2O2S/c1-18(11-4-2-3-5-11)9-8-17-21(19,20)12-6-7-14(16)13(15)10-12/h6-7,10-11,17H,2-5,8-9H2,1H3. The predicted molar refractivity (Wildman–Crippen MR) is 89.2 cm³/mol. The van der Waals surface area contributed by atoms with Gasteiger partial charge in [-0.3, -0.25) is 0 Å². The van der Waals surface area contributed by atoms with Gasteiger partial charge in [0.1, 0.15) is 0 Å².